The van der Waals surface area contributed by atoms with Crippen molar-refractivity contribution in [3.05, 3.63) is 232 Å². The fourth-order valence-corrected chi connectivity index (χ4v) is 10.8. The second-order valence-electron chi connectivity index (χ2n) is 18.9. The molecule has 362 valence electrons. The fraction of sp³-hybridized carbons (Fsp3) is 0. The number of aromatic nitrogens is 3. The molecule has 12 rings (SSSR count). The SMILES string of the molecule is N#Cc1cc(C#N)cc(-c2ccc3c(c2)c2cc(-c4cc(C#N)cc(C#N)c4)ccc2n3-c2cc(-c3ccncc3)c(-n3c4ccc(-c5cc(C#N)cc(C#N)c5)cc4c4cc(-c5cc(C#N)cc(C#N)c5)ccc43)cc2C#N)c1. The van der Waals surface area contributed by atoms with Crippen LogP contribution in [0.25, 0.3) is 111 Å². The summed E-state index contributed by atoms with van der Waals surface area (Å²) in [5.41, 5.74) is 14.4. The van der Waals surface area contributed by atoms with E-state index in [0.29, 0.717) is 83.7 Å². The topological polar surface area (TPSA) is 237 Å². The summed E-state index contributed by atoms with van der Waals surface area (Å²) >= 11 is 0. The van der Waals surface area contributed by atoms with E-state index in [-0.39, 0.29) is 0 Å². The summed E-state index contributed by atoms with van der Waals surface area (Å²) in [5.74, 6) is 0. The zero-order chi connectivity index (χ0) is 55.2. The Bertz CT molecular complexity index is 4730. The van der Waals surface area contributed by atoms with Crippen LogP contribution < -0.4 is 0 Å². The molecule has 0 fully saturated rings. The minimum absolute atomic E-state index is 0.323. The number of hydrogen-bond acceptors (Lipinski definition) is 10. The van der Waals surface area contributed by atoms with E-state index in [1.54, 1.807) is 73.1 Å². The Labute approximate surface area is 456 Å². The molecule has 9 aromatic carbocycles. The average molecular weight is 1020 g/mol. The molecule has 0 bridgehead atoms. The molecule has 0 radical (unpaired) electrons. The first-order valence-corrected chi connectivity index (χ1v) is 24.6. The molecule has 12 aromatic rings. The van der Waals surface area contributed by atoms with E-state index in [1.807, 2.05) is 102 Å². The Morgan fingerprint density at radius 3 is 0.812 bits per heavy atom. The van der Waals surface area contributed by atoms with Crippen molar-refractivity contribution < 1.29 is 0 Å². The molecule has 12 heteroatoms. The van der Waals surface area contributed by atoms with Gasteiger partial charge in [0.05, 0.1) is 132 Å². The van der Waals surface area contributed by atoms with Gasteiger partial charge in [-0.1, -0.05) is 24.3 Å². The van der Waals surface area contributed by atoms with Gasteiger partial charge in [0.1, 0.15) is 6.07 Å². The highest BCUT2D eigenvalue weighted by molar-refractivity contribution is 6.14. The Kier molecular flexibility index (Phi) is 11.7. The van der Waals surface area contributed by atoms with E-state index in [2.05, 4.69) is 64.2 Å². The first-order chi connectivity index (χ1) is 39.2. The zero-order valence-electron chi connectivity index (χ0n) is 41.7. The minimum atomic E-state index is 0.323. The first kappa shape index (κ1) is 48.1. The minimum Gasteiger partial charge on any atom is -0.309 e. The molecule has 12 nitrogen and oxygen atoms in total. The number of pyridine rings is 1. The Morgan fingerprint density at radius 1 is 0.250 bits per heavy atom. The highest BCUT2D eigenvalue weighted by Crippen LogP contribution is 2.44. The van der Waals surface area contributed by atoms with Gasteiger partial charge in [-0.25, -0.2) is 0 Å². The number of benzene rings is 9. The van der Waals surface area contributed by atoms with Crippen molar-refractivity contribution in [3.63, 3.8) is 0 Å². The molecule has 0 atom stereocenters. The van der Waals surface area contributed by atoms with Gasteiger partial charge in [0.2, 0.25) is 0 Å². The van der Waals surface area contributed by atoms with Crippen LogP contribution in [0.1, 0.15) is 50.1 Å². The molecule has 3 heterocycles. The van der Waals surface area contributed by atoms with Crippen molar-refractivity contribution in [2.24, 2.45) is 0 Å². The van der Waals surface area contributed by atoms with Crippen LogP contribution in [0.3, 0.4) is 0 Å². The molecule has 0 aliphatic heterocycles. The van der Waals surface area contributed by atoms with Crippen LogP contribution in [0, 0.1) is 102 Å². The third-order valence-electron chi connectivity index (χ3n) is 14.3. The smallest absolute Gasteiger partial charge is 0.101 e. The van der Waals surface area contributed by atoms with Gasteiger partial charge in [-0.05, 0) is 196 Å². The molecular weight excluding hydrogens is 985 g/mol. The van der Waals surface area contributed by atoms with Gasteiger partial charge in [0.25, 0.3) is 0 Å². The number of nitrogens with zero attached hydrogens (tertiary/aromatic N) is 12. The van der Waals surface area contributed by atoms with Gasteiger partial charge in [-0.2, -0.15) is 47.4 Å². The molecule has 0 saturated carbocycles. The van der Waals surface area contributed by atoms with Gasteiger partial charge in [-0.3, -0.25) is 4.98 Å². The van der Waals surface area contributed by atoms with Crippen LogP contribution >= 0.6 is 0 Å². The number of rotatable bonds is 7. The van der Waals surface area contributed by atoms with Crippen LogP contribution in [0.15, 0.2) is 182 Å². The van der Waals surface area contributed by atoms with Gasteiger partial charge in [-0.15, -0.1) is 0 Å². The van der Waals surface area contributed by atoms with E-state index in [0.717, 1.165) is 77.0 Å². The highest BCUT2D eigenvalue weighted by Gasteiger charge is 2.24. The maximum absolute atomic E-state index is 11.5. The summed E-state index contributed by atoms with van der Waals surface area (Å²) in [6, 6.07) is 71.4. The van der Waals surface area contributed by atoms with E-state index >= 15 is 0 Å². The summed E-state index contributed by atoms with van der Waals surface area (Å²) in [7, 11) is 0. The number of nitriles is 9. The fourth-order valence-electron chi connectivity index (χ4n) is 10.8. The lowest BCUT2D eigenvalue weighted by Gasteiger charge is -2.19. The Balaban J connectivity index is 1.15. The van der Waals surface area contributed by atoms with Gasteiger partial charge in [0, 0.05) is 39.5 Å². The maximum Gasteiger partial charge on any atom is 0.101 e. The molecule has 0 unspecified atom stereocenters. The van der Waals surface area contributed by atoms with Gasteiger partial charge < -0.3 is 9.13 Å². The van der Waals surface area contributed by atoms with E-state index < -0.39 is 0 Å². The standard InChI is InChI=1S/C68H30N12/c69-31-40-13-41(32-70)18-53(17-40)49-1-5-63-59(25-49)60-26-50(54-19-42(33-71)14-43(20-54)34-72)2-6-64(60)79(63)67-30-58(48-9-11-78-12-10-48)68(29-57(67)39-77)80-65-7-3-51(55-21-44(35-73)15-45(22-55)36-74)27-61(65)62-28-52(4-8-66(62)80)56-23-46(37-75)16-47(24-56)38-76/h1-30H. The predicted octanol–water partition coefficient (Wildman–Crippen LogP) is 14.5. The van der Waals surface area contributed by atoms with Crippen LogP contribution in [0.5, 0.6) is 0 Å². The lowest BCUT2D eigenvalue weighted by molar-refractivity contribution is 1.13. The highest BCUT2D eigenvalue weighted by atomic mass is 15.0. The summed E-state index contributed by atoms with van der Waals surface area (Å²) in [6.45, 7) is 0. The van der Waals surface area contributed by atoms with Crippen molar-refractivity contribution in [1.82, 2.24) is 14.1 Å². The van der Waals surface area contributed by atoms with Crippen LogP contribution in [-0.2, 0) is 0 Å². The average Bonchev–Trinajstić information content (AvgIpc) is 4.24. The van der Waals surface area contributed by atoms with Crippen LogP contribution in [-0.4, -0.2) is 14.1 Å². The van der Waals surface area contributed by atoms with Gasteiger partial charge in [0.15, 0.2) is 0 Å². The van der Waals surface area contributed by atoms with Crippen molar-refractivity contribution in [2.45, 2.75) is 0 Å². The summed E-state index contributed by atoms with van der Waals surface area (Å²) in [6.07, 6.45) is 3.41. The molecule has 0 amide bonds. The third kappa shape index (κ3) is 8.17. The molecule has 0 spiro atoms. The third-order valence-corrected chi connectivity index (χ3v) is 14.3. The van der Waals surface area contributed by atoms with E-state index in [1.165, 1.54) is 12.1 Å². The van der Waals surface area contributed by atoms with Crippen molar-refractivity contribution >= 4 is 43.6 Å². The maximum atomic E-state index is 11.5. The van der Waals surface area contributed by atoms with E-state index in [4.69, 9.17) is 0 Å². The number of hydrogen-bond donors (Lipinski definition) is 0. The summed E-state index contributed by atoms with van der Waals surface area (Å²) in [5, 5.41) is 94.1. The molecule has 0 aliphatic rings. The number of fused-ring (bicyclic) bond motifs is 6. The van der Waals surface area contributed by atoms with Crippen molar-refractivity contribution in [2.75, 3.05) is 0 Å². The van der Waals surface area contributed by atoms with Crippen LogP contribution in [0.4, 0.5) is 0 Å². The van der Waals surface area contributed by atoms with Crippen LogP contribution in [0.2, 0.25) is 0 Å². The molecule has 0 N–H and O–H groups in total. The molecule has 0 saturated heterocycles. The normalized spacial score (nSPS) is 10.6. The zero-order valence-corrected chi connectivity index (χ0v) is 41.7. The van der Waals surface area contributed by atoms with Gasteiger partial charge >= 0.3 is 0 Å². The summed E-state index contributed by atoms with van der Waals surface area (Å²) < 4.78 is 4.15. The molecular formula is C68H30N12. The second kappa shape index (κ2) is 19.4. The monoisotopic (exact) mass is 1010 g/mol. The lowest BCUT2D eigenvalue weighted by atomic mass is 9.97. The Morgan fingerprint density at radius 2 is 0.537 bits per heavy atom. The Hall–Kier alpha value is -12.9. The van der Waals surface area contributed by atoms with E-state index in [9.17, 15) is 47.4 Å². The molecule has 80 heavy (non-hydrogen) atoms. The second-order valence-corrected chi connectivity index (χ2v) is 18.9. The predicted molar refractivity (Wildman–Crippen MR) is 303 cm³/mol. The molecule has 0 aliphatic carbocycles. The lowest BCUT2D eigenvalue weighted by Crippen LogP contribution is -2.04. The van der Waals surface area contributed by atoms with Crippen molar-refractivity contribution in [3.8, 4) is 122 Å². The molecule has 3 aromatic heterocycles. The first-order valence-electron chi connectivity index (χ1n) is 24.6. The summed E-state index contributed by atoms with van der Waals surface area (Å²) in [4.78, 5) is 4.37. The largest absolute Gasteiger partial charge is 0.309 e. The quantitative estimate of drug-likeness (QED) is 0.146. The van der Waals surface area contributed by atoms with Crippen molar-refractivity contribution in [1.29, 1.82) is 47.4 Å².